The zero-order chi connectivity index (χ0) is 14.7. The lowest BCUT2D eigenvalue weighted by Crippen LogP contribution is -2.25. The third-order valence-corrected chi connectivity index (χ3v) is 4.14. The minimum Gasteiger partial charge on any atom is -0.467 e. The summed E-state index contributed by atoms with van der Waals surface area (Å²) in [4.78, 5) is 29.5. The Morgan fingerprint density at radius 3 is 3.14 bits per heavy atom. The summed E-state index contributed by atoms with van der Waals surface area (Å²) >= 11 is 1.40. The maximum Gasteiger partial charge on any atom is 0.228 e. The number of carbonyl (C=O) groups is 2. The molecule has 1 aliphatic heterocycles. The van der Waals surface area contributed by atoms with Crippen molar-refractivity contribution in [3.63, 3.8) is 0 Å². The van der Waals surface area contributed by atoms with Crippen molar-refractivity contribution in [3.05, 3.63) is 35.2 Å². The van der Waals surface area contributed by atoms with E-state index < -0.39 is 0 Å². The number of anilines is 1. The van der Waals surface area contributed by atoms with E-state index in [-0.39, 0.29) is 18.2 Å². The van der Waals surface area contributed by atoms with Crippen LogP contribution in [0.4, 0.5) is 5.13 Å². The summed E-state index contributed by atoms with van der Waals surface area (Å²) in [6.07, 6.45) is 3.23. The van der Waals surface area contributed by atoms with Gasteiger partial charge in [-0.2, -0.15) is 0 Å². The quantitative estimate of drug-likeness (QED) is 0.912. The number of nitrogens with one attached hydrogen (secondary N) is 1. The van der Waals surface area contributed by atoms with E-state index in [2.05, 4.69) is 10.3 Å². The first kappa shape index (κ1) is 13.8. The lowest BCUT2D eigenvalue weighted by atomic mass is 10.3. The zero-order valence-corrected chi connectivity index (χ0v) is 12.2. The van der Waals surface area contributed by atoms with Gasteiger partial charge in [-0.25, -0.2) is 4.98 Å². The van der Waals surface area contributed by atoms with E-state index in [9.17, 15) is 9.59 Å². The molecule has 1 saturated heterocycles. The predicted octanol–water partition coefficient (Wildman–Crippen LogP) is 1.72. The summed E-state index contributed by atoms with van der Waals surface area (Å²) in [7, 11) is 0. The van der Waals surface area contributed by atoms with Crippen molar-refractivity contribution in [1.82, 2.24) is 10.3 Å². The van der Waals surface area contributed by atoms with Crippen LogP contribution in [-0.2, 0) is 22.6 Å². The second-order valence-corrected chi connectivity index (χ2v) is 5.64. The Labute approximate surface area is 125 Å². The first-order chi connectivity index (χ1) is 10.2. The molecule has 1 N–H and O–H groups in total. The summed E-state index contributed by atoms with van der Waals surface area (Å²) in [5.74, 6) is 0.708. The highest BCUT2D eigenvalue weighted by atomic mass is 32.1. The summed E-state index contributed by atoms with van der Waals surface area (Å²) in [5.41, 5.74) is 0.687. The second-order valence-electron chi connectivity index (χ2n) is 4.80. The van der Waals surface area contributed by atoms with E-state index in [1.165, 1.54) is 11.3 Å². The predicted molar refractivity (Wildman–Crippen MR) is 78.0 cm³/mol. The van der Waals surface area contributed by atoms with Crippen LogP contribution in [0.3, 0.4) is 0 Å². The minimum atomic E-state index is -0.115. The molecular formula is C14H15N3O3S. The Morgan fingerprint density at radius 1 is 1.52 bits per heavy atom. The lowest BCUT2D eigenvalue weighted by Gasteiger charge is -2.10. The van der Waals surface area contributed by atoms with Gasteiger partial charge in [-0.15, -0.1) is 11.3 Å². The fraction of sp³-hybridized carbons (Fsp3) is 0.357. The molecular weight excluding hydrogens is 290 g/mol. The van der Waals surface area contributed by atoms with Crippen molar-refractivity contribution in [1.29, 1.82) is 0 Å². The van der Waals surface area contributed by atoms with Crippen molar-refractivity contribution < 1.29 is 14.0 Å². The Hall–Kier alpha value is -2.15. The van der Waals surface area contributed by atoms with Crippen LogP contribution < -0.4 is 10.2 Å². The monoisotopic (exact) mass is 305 g/mol. The van der Waals surface area contributed by atoms with Crippen molar-refractivity contribution in [3.8, 4) is 0 Å². The molecule has 7 heteroatoms. The van der Waals surface area contributed by atoms with E-state index in [4.69, 9.17) is 4.42 Å². The number of hydrogen-bond donors (Lipinski definition) is 1. The number of aromatic nitrogens is 1. The van der Waals surface area contributed by atoms with Gasteiger partial charge in [0.25, 0.3) is 0 Å². The highest BCUT2D eigenvalue weighted by molar-refractivity contribution is 7.14. The first-order valence-corrected chi connectivity index (χ1v) is 7.64. The van der Waals surface area contributed by atoms with E-state index in [1.54, 1.807) is 23.3 Å². The molecule has 0 bridgehead atoms. The van der Waals surface area contributed by atoms with Crippen LogP contribution >= 0.6 is 11.3 Å². The molecule has 110 valence electrons. The first-order valence-electron chi connectivity index (χ1n) is 6.76. The number of rotatable bonds is 5. The topological polar surface area (TPSA) is 75.4 Å². The third kappa shape index (κ3) is 3.30. The van der Waals surface area contributed by atoms with Crippen LogP contribution in [0.15, 0.2) is 28.2 Å². The highest BCUT2D eigenvalue weighted by Gasteiger charge is 2.24. The fourth-order valence-electron chi connectivity index (χ4n) is 2.18. The maximum absolute atomic E-state index is 11.8. The molecule has 0 atom stereocenters. The van der Waals surface area contributed by atoms with Gasteiger partial charge >= 0.3 is 0 Å². The summed E-state index contributed by atoms with van der Waals surface area (Å²) in [6, 6.07) is 3.58. The molecule has 2 aromatic heterocycles. The smallest absolute Gasteiger partial charge is 0.228 e. The number of carbonyl (C=O) groups excluding carboxylic acids is 2. The van der Waals surface area contributed by atoms with Crippen LogP contribution in [0, 0.1) is 0 Å². The molecule has 21 heavy (non-hydrogen) atoms. The van der Waals surface area contributed by atoms with Gasteiger partial charge in [0.1, 0.15) is 5.76 Å². The lowest BCUT2D eigenvalue weighted by molar-refractivity contribution is -0.120. The maximum atomic E-state index is 11.8. The van der Waals surface area contributed by atoms with E-state index >= 15 is 0 Å². The number of hydrogen-bond acceptors (Lipinski definition) is 5. The molecule has 0 unspecified atom stereocenters. The Morgan fingerprint density at radius 2 is 2.43 bits per heavy atom. The van der Waals surface area contributed by atoms with Gasteiger partial charge in [0.2, 0.25) is 11.8 Å². The molecule has 1 aliphatic rings. The Bertz CT molecular complexity index is 636. The SMILES string of the molecule is O=C(Cc1csc(N2CCCC2=O)n1)NCc1ccco1. The standard InChI is InChI=1S/C14H15N3O3S/c18-12(15-8-11-3-2-6-20-11)7-10-9-21-14(16-10)17-5-1-4-13(17)19/h2-3,6,9H,1,4-5,7-8H2,(H,15,18). The summed E-state index contributed by atoms with van der Waals surface area (Å²) < 4.78 is 5.15. The largest absolute Gasteiger partial charge is 0.467 e. The Balaban J connectivity index is 1.54. The van der Waals surface area contributed by atoms with E-state index in [1.807, 2.05) is 5.38 Å². The van der Waals surface area contributed by atoms with Crippen molar-refractivity contribution in [2.45, 2.75) is 25.8 Å². The van der Waals surface area contributed by atoms with E-state index in [0.717, 1.165) is 13.0 Å². The van der Waals surface area contributed by atoms with Gasteiger partial charge in [-0.1, -0.05) is 0 Å². The molecule has 3 heterocycles. The van der Waals surface area contributed by atoms with Gasteiger partial charge in [-0.3, -0.25) is 14.5 Å². The van der Waals surface area contributed by atoms with E-state index in [0.29, 0.717) is 29.6 Å². The zero-order valence-electron chi connectivity index (χ0n) is 11.4. The van der Waals surface area contributed by atoms with Gasteiger partial charge < -0.3 is 9.73 Å². The summed E-state index contributed by atoms with van der Waals surface area (Å²) in [5, 5.41) is 5.29. The third-order valence-electron chi connectivity index (χ3n) is 3.23. The van der Waals surface area contributed by atoms with Gasteiger partial charge in [0, 0.05) is 18.3 Å². The highest BCUT2D eigenvalue weighted by Crippen LogP contribution is 2.25. The average Bonchev–Trinajstić information content (AvgIpc) is 3.17. The fourth-order valence-corrected chi connectivity index (χ4v) is 3.05. The second kappa shape index (κ2) is 6.09. The number of thiazole rings is 1. The molecule has 3 rings (SSSR count). The molecule has 0 saturated carbocycles. The molecule has 0 aliphatic carbocycles. The van der Waals surface area contributed by atoms with Crippen LogP contribution in [0.1, 0.15) is 24.3 Å². The molecule has 0 radical (unpaired) electrons. The van der Waals surface area contributed by atoms with Crippen molar-refractivity contribution >= 4 is 28.3 Å². The van der Waals surface area contributed by atoms with Gasteiger partial charge in [0.15, 0.2) is 5.13 Å². The van der Waals surface area contributed by atoms with Crippen LogP contribution in [0.25, 0.3) is 0 Å². The minimum absolute atomic E-state index is 0.109. The van der Waals surface area contributed by atoms with Gasteiger partial charge in [-0.05, 0) is 18.6 Å². The molecule has 1 fully saturated rings. The number of nitrogens with zero attached hydrogens (tertiary/aromatic N) is 2. The molecule has 0 spiro atoms. The van der Waals surface area contributed by atoms with Crippen molar-refractivity contribution in [2.24, 2.45) is 0 Å². The summed E-state index contributed by atoms with van der Waals surface area (Å²) in [6.45, 7) is 1.09. The van der Waals surface area contributed by atoms with Crippen LogP contribution in [-0.4, -0.2) is 23.3 Å². The Kier molecular flexibility index (Phi) is 4.01. The number of amides is 2. The van der Waals surface area contributed by atoms with Crippen molar-refractivity contribution in [2.75, 3.05) is 11.4 Å². The normalized spacial score (nSPS) is 14.7. The van der Waals surface area contributed by atoms with Crippen LogP contribution in [0.2, 0.25) is 0 Å². The van der Waals surface area contributed by atoms with Gasteiger partial charge in [0.05, 0.1) is 24.9 Å². The number of furan rings is 1. The molecule has 2 amide bonds. The van der Waals surface area contributed by atoms with Crippen LogP contribution in [0.5, 0.6) is 0 Å². The molecule has 0 aromatic carbocycles. The molecule has 6 nitrogen and oxygen atoms in total. The molecule has 2 aromatic rings. The average molecular weight is 305 g/mol.